The van der Waals surface area contributed by atoms with Gasteiger partial charge in [0, 0.05) is 31.4 Å². The van der Waals surface area contributed by atoms with Gasteiger partial charge in [0.2, 0.25) is 5.91 Å². The summed E-state index contributed by atoms with van der Waals surface area (Å²) in [7, 11) is 0. The van der Waals surface area contributed by atoms with Crippen LogP contribution in [0.3, 0.4) is 0 Å². The number of nitrogens with two attached hydrogens (primary N) is 1. The van der Waals surface area contributed by atoms with Gasteiger partial charge in [0.1, 0.15) is 0 Å². The predicted octanol–water partition coefficient (Wildman–Crippen LogP) is 1.78. The van der Waals surface area contributed by atoms with Crippen molar-refractivity contribution in [2.45, 2.75) is 44.7 Å². The molecule has 0 bridgehead atoms. The van der Waals surface area contributed by atoms with Gasteiger partial charge >= 0.3 is 0 Å². The molecule has 0 aromatic carbocycles. The Morgan fingerprint density at radius 3 is 2.72 bits per heavy atom. The standard InChI is InChI=1S/C14H21N3O/c1-10(18)17-13-6-4-11(5-7-13)14(15)12-3-2-8-16-9-12/h2-3,8-9,11,13-14H,4-7,15H2,1H3,(H,17,18). The van der Waals surface area contributed by atoms with Gasteiger partial charge in [-0.05, 0) is 43.2 Å². The van der Waals surface area contributed by atoms with E-state index in [4.69, 9.17) is 5.73 Å². The molecule has 1 aromatic heterocycles. The Kier molecular flexibility index (Phi) is 4.31. The molecular formula is C14H21N3O. The smallest absolute Gasteiger partial charge is 0.217 e. The highest BCUT2D eigenvalue weighted by Gasteiger charge is 2.26. The number of carbonyl (C=O) groups is 1. The van der Waals surface area contributed by atoms with Crippen LogP contribution in [0.25, 0.3) is 0 Å². The van der Waals surface area contributed by atoms with E-state index in [0.717, 1.165) is 31.2 Å². The van der Waals surface area contributed by atoms with Gasteiger partial charge < -0.3 is 11.1 Å². The zero-order valence-corrected chi connectivity index (χ0v) is 10.8. The maximum Gasteiger partial charge on any atom is 0.217 e. The summed E-state index contributed by atoms with van der Waals surface area (Å²) in [6.07, 6.45) is 7.81. The molecule has 1 saturated carbocycles. The molecule has 1 fully saturated rings. The second-order valence-electron chi connectivity index (χ2n) is 5.12. The molecule has 0 aliphatic heterocycles. The van der Waals surface area contributed by atoms with Crippen molar-refractivity contribution in [1.29, 1.82) is 0 Å². The molecule has 1 amide bonds. The first-order valence-corrected chi connectivity index (χ1v) is 6.59. The number of aromatic nitrogens is 1. The van der Waals surface area contributed by atoms with E-state index in [2.05, 4.69) is 10.3 Å². The number of hydrogen-bond acceptors (Lipinski definition) is 3. The van der Waals surface area contributed by atoms with Crippen LogP contribution in [0.1, 0.15) is 44.2 Å². The number of rotatable bonds is 3. The first kappa shape index (κ1) is 13.0. The quantitative estimate of drug-likeness (QED) is 0.855. The summed E-state index contributed by atoms with van der Waals surface area (Å²) in [5, 5.41) is 2.99. The highest BCUT2D eigenvalue weighted by Crippen LogP contribution is 2.32. The van der Waals surface area contributed by atoms with Gasteiger partial charge in [0.25, 0.3) is 0 Å². The minimum absolute atomic E-state index is 0.0648. The van der Waals surface area contributed by atoms with Gasteiger partial charge in [-0.25, -0.2) is 0 Å². The van der Waals surface area contributed by atoms with Gasteiger partial charge in [-0.2, -0.15) is 0 Å². The number of amides is 1. The lowest BCUT2D eigenvalue weighted by molar-refractivity contribution is -0.119. The Bertz CT molecular complexity index is 385. The van der Waals surface area contributed by atoms with Crippen LogP contribution in [0.5, 0.6) is 0 Å². The van der Waals surface area contributed by atoms with E-state index in [1.165, 1.54) is 0 Å². The molecule has 1 aromatic rings. The summed E-state index contributed by atoms with van der Waals surface area (Å²) < 4.78 is 0. The molecule has 1 heterocycles. The van der Waals surface area contributed by atoms with Crippen molar-refractivity contribution in [2.75, 3.05) is 0 Å². The first-order valence-electron chi connectivity index (χ1n) is 6.59. The number of nitrogens with one attached hydrogen (secondary N) is 1. The predicted molar refractivity (Wildman–Crippen MR) is 70.7 cm³/mol. The fraction of sp³-hybridized carbons (Fsp3) is 0.571. The summed E-state index contributed by atoms with van der Waals surface area (Å²) in [6.45, 7) is 1.58. The fourth-order valence-electron chi connectivity index (χ4n) is 2.76. The van der Waals surface area contributed by atoms with E-state index in [0.29, 0.717) is 12.0 Å². The second kappa shape index (κ2) is 5.96. The molecule has 1 aliphatic carbocycles. The number of hydrogen-bond donors (Lipinski definition) is 2. The third-order valence-corrected chi connectivity index (χ3v) is 3.76. The van der Waals surface area contributed by atoms with Crippen LogP contribution >= 0.6 is 0 Å². The van der Waals surface area contributed by atoms with Crippen LogP contribution in [0.2, 0.25) is 0 Å². The van der Waals surface area contributed by atoms with Crippen molar-refractivity contribution >= 4 is 5.91 Å². The first-order chi connectivity index (χ1) is 8.66. The SMILES string of the molecule is CC(=O)NC1CCC(C(N)c2cccnc2)CC1. The molecule has 18 heavy (non-hydrogen) atoms. The van der Waals surface area contributed by atoms with Crippen molar-refractivity contribution < 1.29 is 4.79 Å². The number of carbonyl (C=O) groups excluding carboxylic acids is 1. The summed E-state index contributed by atoms with van der Waals surface area (Å²) >= 11 is 0. The number of pyridine rings is 1. The van der Waals surface area contributed by atoms with Crippen molar-refractivity contribution in [3.8, 4) is 0 Å². The Morgan fingerprint density at radius 2 is 2.17 bits per heavy atom. The van der Waals surface area contributed by atoms with Crippen molar-refractivity contribution in [1.82, 2.24) is 10.3 Å². The van der Waals surface area contributed by atoms with E-state index >= 15 is 0 Å². The van der Waals surface area contributed by atoms with Crippen molar-refractivity contribution in [3.63, 3.8) is 0 Å². The van der Waals surface area contributed by atoms with Gasteiger partial charge in [-0.15, -0.1) is 0 Å². The fourth-order valence-corrected chi connectivity index (χ4v) is 2.76. The highest BCUT2D eigenvalue weighted by atomic mass is 16.1. The Morgan fingerprint density at radius 1 is 1.44 bits per heavy atom. The monoisotopic (exact) mass is 247 g/mol. The van der Waals surface area contributed by atoms with Crippen LogP contribution in [-0.2, 0) is 4.79 Å². The minimum atomic E-state index is 0.0648. The molecule has 1 atom stereocenters. The van der Waals surface area contributed by atoms with E-state index in [9.17, 15) is 4.79 Å². The molecular weight excluding hydrogens is 226 g/mol. The van der Waals surface area contributed by atoms with E-state index in [1.54, 1.807) is 13.1 Å². The summed E-state index contributed by atoms with van der Waals surface area (Å²) in [5.74, 6) is 0.564. The number of nitrogens with zero attached hydrogens (tertiary/aromatic N) is 1. The lowest BCUT2D eigenvalue weighted by Gasteiger charge is -2.32. The van der Waals surface area contributed by atoms with Gasteiger partial charge in [0.15, 0.2) is 0 Å². The van der Waals surface area contributed by atoms with Crippen molar-refractivity contribution in [3.05, 3.63) is 30.1 Å². The second-order valence-corrected chi connectivity index (χ2v) is 5.12. The molecule has 2 rings (SSSR count). The Balaban J connectivity index is 1.88. The zero-order chi connectivity index (χ0) is 13.0. The maximum absolute atomic E-state index is 11.0. The Hall–Kier alpha value is -1.42. The molecule has 1 unspecified atom stereocenters. The van der Waals surface area contributed by atoms with Gasteiger partial charge in [0.05, 0.1) is 0 Å². The van der Waals surface area contributed by atoms with Gasteiger partial charge in [-0.1, -0.05) is 6.07 Å². The summed E-state index contributed by atoms with van der Waals surface area (Å²) in [5.41, 5.74) is 7.40. The molecule has 3 N–H and O–H groups in total. The molecule has 4 heteroatoms. The third kappa shape index (κ3) is 3.29. The lowest BCUT2D eigenvalue weighted by atomic mass is 9.80. The normalized spacial score (nSPS) is 25.4. The van der Waals surface area contributed by atoms with Crippen LogP contribution < -0.4 is 11.1 Å². The average molecular weight is 247 g/mol. The minimum Gasteiger partial charge on any atom is -0.354 e. The van der Waals surface area contributed by atoms with Gasteiger partial charge in [-0.3, -0.25) is 9.78 Å². The van der Waals surface area contributed by atoms with Crippen LogP contribution in [0.4, 0.5) is 0 Å². The van der Waals surface area contributed by atoms with E-state index < -0.39 is 0 Å². The molecule has 0 saturated heterocycles. The van der Waals surface area contributed by atoms with Crippen molar-refractivity contribution in [2.24, 2.45) is 11.7 Å². The molecule has 0 radical (unpaired) electrons. The summed E-state index contributed by atoms with van der Waals surface area (Å²) in [4.78, 5) is 15.1. The average Bonchev–Trinajstić information content (AvgIpc) is 2.39. The molecule has 98 valence electrons. The van der Waals surface area contributed by atoms with E-state index in [1.807, 2.05) is 18.3 Å². The van der Waals surface area contributed by atoms with E-state index in [-0.39, 0.29) is 11.9 Å². The van der Waals surface area contributed by atoms with Crippen LogP contribution in [0, 0.1) is 5.92 Å². The molecule has 0 spiro atoms. The van der Waals surface area contributed by atoms with Crippen LogP contribution in [0.15, 0.2) is 24.5 Å². The third-order valence-electron chi connectivity index (χ3n) is 3.76. The topological polar surface area (TPSA) is 68.0 Å². The zero-order valence-electron chi connectivity index (χ0n) is 10.8. The summed E-state index contributed by atoms with van der Waals surface area (Å²) in [6, 6.07) is 4.37. The van der Waals surface area contributed by atoms with Crippen LogP contribution in [-0.4, -0.2) is 16.9 Å². The molecule has 1 aliphatic rings. The molecule has 4 nitrogen and oxygen atoms in total. The Labute approximate surface area is 108 Å². The maximum atomic E-state index is 11.0. The lowest BCUT2D eigenvalue weighted by Crippen LogP contribution is -2.38. The largest absolute Gasteiger partial charge is 0.354 e. The highest BCUT2D eigenvalue weighted by molar-refractivity contribution is 5.73.